The molecule has 2 rings (SSSR count). The Morgan fingerprint density at radius 2 is 2.29 bits per heavy atom. The van der Waals surface area contributed by atoms with Gasteiger partial charge in [-0.25, -0.2) is 0 Å². The van der Waals surface area contributed by atoms with Crippen molar-refractivity contribution in [2.75, 3.05) is 33.0 Å². The number of aliphatic hydroxyl groups is 1. The van der Waals surface area contributed by atoms with E-state index in [0.717, 1.165) is 10.1 Å². The standard InChI is InChI=1S/C14H17ClN2O3S/c1-17(6-9(18)7-20-2)14(19)13-12(16)10-5-8(15)3-4-11(10)21-13/h3-5,9,18H,6-7,16H2,1-2H3. The minimum absolute atomic E-state index is 0.176. The smallest absolute Gasteiger partial charge is 0.265 e. The minimum Gasteiger partial charge on any atom is -0.397 e. The fraction of sp³-hybridized carbons (Fsp3) is 0.357. The molecule has 0 aliphatic carbocycles. The highest BCUT2D eigenvalue weighted by atomic mass is 35.5. The topological polar surface area (TPSA) is 75.8 Å². The minimum atomic E-state index is -0.728. The zero-order chi connectivity index (χ0) is 15.6. The van der Waals surface area contributed by atoms with Gasteiger partial charge in [-0.1, -0.05) is 11.6 Å². The van der Waals surface area contributed by atoms with Crippen LogP contribution in [0.25, 0.3) is 10.1 Å². The van der Waals surface area contributed by atoms with Crippen LogP contribution in [0, 0.1) is 0 Å². The van der Waals surface area contributed by atoms with Crippen molar-refractivity contribution in [3.8, 4) is 0 Å². The molecule has 1 aromatic carbocycles. The van der Waals surface area contributed by atoms with Gasteiger partial charge in [0.1, 0.15) is 4.88 Å². The van der Waals surface area contributed by atoms with E-state index in [1.165, 1.54) is 23.3 Å². The fourth-order valence-corrected chi connectivity index (χ4v) is 3.34. The highest BCUT2D eigenvalue weighted by Crippen LogP contribution is 2.35. The fourth-order valence-electron chi connectivity index (χ4n) is 2.07. The summed E-state index contributed by atoms with van der Waals surface area (Å²) < 4.78 is 5.76. The van der Waals surface area contributed by atoms with Crippen LogP contribution in [-0.4, -0.2) is 49.3 Å². The molecule has 2 aromatic rings. The number of nitrogens with two attached hydrogens (primary N) is 1. The van der Waals surface area contributed by atoms with Gasteiger partial charge in [-0.05, 0) is 18.2 Å². The molecule has 114 valence electrons. The second kappa shape index (κ2) is 6.62. The Kier molecular flexibility index (Phi) is 5.05. The van der Waals surface area contributed by atoms with Crippen LogP contribution in [0.1, 0.15) is 9.67 Å². The van der Waals surface area contributed by atoms with Gasteiger partial charge in [0, 0.05) is 35.8 Å². The molecule has 5 nitrogen and oxygen atoms in total. The number of methoxy groups -OCH3 is 1. The number of anilines is 1. The van der Waals surface area contributed by atoms with Crippen molar-refractivity contribution in [3.05, 3.63) is 28.1 Å². The molecule has 21 heavy (non-hydrogen) atoms. The van der Waals surface area contributed by atoms with Crippen LogP contribution >= 0.6 is 22.9 Å². The first-order valence-electron chi connectivity index (χ1n) is 6.34. The van der Waals surface area contributed by atoms with E-state index in [1.54, 1.807) is 19.2 Å². The number of benzene rings is 1. The average Bonchev–Trinajstić information content (AvgIpc) is 2.75. The number of nitrogen functional groups attached to an aromatic ring is 1. The molecule has 0 fully saturated rings. The molecule has 0 radical (unpaired) electrons. The number of nitrogens with zero attached hydrogens (tertiary/aromatic N) is 1. The summed E-state index contributed by atoms with van der Waals surface area (Å²) in [5.74, 6) is -0.222. The lowest BCUT2D eigenvalue weighted by molar-refractivity contribution is 0.0382. The number of hydrogen-bond donors (Lipinski definition) is 2. The summed E-state index contributed by atoms with van der Waals surface area (Å²) in [7, 11) is 3.12. The van der Waals surface area contributed by atoms with Crippen LogP contribution in [0.5, 0.6) is 0 Å². The number of aliphatic hydroxyl groups excluding tert-OH is 1. The zero-order valence-corrected chi connectivity index (χ0v) is 13.4. The maximum absolute atomic E-state index is 12.4. The van der Waals surface area contributed by atoms with Crippen LogP contribution in [0.15, 0.2) is 18.2 Å². The average molecular weight is 329 g/mol. The first kappa shape index (κ1) is 16.0. The summed E-state index contributed by atoms with van der Waals surface area (Å²) in [5, 5.41) is 11.1. The Labute approximate surface area is 131 Å². The number of thiophene rings is 1. The third-order valence-electron chi connectivity index (χ3n) is 3.07. The number of carbonyl (C=O) groups excluding carboxylic acids is 1. The summed E-state index contributed by atoms with van der Waals surface area (Å²) in [6, 6.07) is 5.36. The Hall–Kier alpha value is -1.34. The monoisotopic (exact) mass is 328 g/mol. The quantitative estimate of drug-likeness (QED) is 0.882. The van der Waals surface area contributed by atoms with E-state index in [2.05, 4.69) is 0 Å². The molecule has 0 aliphatic heterocycles. The lowest BCUT2D eigenvalue weighted by Gasteiger charge is -2.20. The molecule has 0 bridgehead atoms. The van der Waals surface area contributed by atoms with Gasteiger partial charge in [0.2, 0.25) is 0 Å². The number of amides is 1. The molecule has 3 N–H and O–H groups in total. The maximum Gasteiger partial charge on any atom is 0.265 e. The summed E-state index contributed by atoms with van der Waals surface area (Å²) in [4.78, 5) is 14.3. The molecule has 1 atom stereocenters. The van der Waals surface area contributed by atoms with Gasteiger partial charge >= 0.3 is 0 Å². The highest BCUT2D eigenvalue weighted by molar-refractivity contribution is 7.21. The molecular weight excluding hydrogens is 312 g/mol. The van der Waals surface area contributed by atoms with E-state index < -0.39 is 6.10 Å². The third kappa shape index (κ3) is 3.47. The van der Waals surface area contributed by atoms with Crippen molar-refractivity contribution < 1.29 is 14.6 Å². The van der Waals surface area contributed by atoms with E-state index in [1.807, 2.05) is 6.07 Å². The number of fused-ring (bicyclic) bond motifs is 1. The first-order valence-corrected chi connectivity index (χ1v) is 7.53. The predicted octanol–water partition coefficient (Wildman–Crippen LogP) is 2.22. The van der Waals surface area contributed by atoms with E-state index in [9.17, 15) is 9.90 Å². The normalized spacial score (nSPS) is 12.6. The van der Waals surface area contributed by atoms with Crippen molar-refractivity contribution in [2.45, 2.75) is 6.10 Å². The Bertz CT molecular complexity index is 659. The molecule has 1 amide bonds. The Morgan fingerprint density at radius 1 is 1.57 bits per heavy atom. The summed E-state index contributed by atoms with van der Waals surface area (Å²) >= 11 is 7.27. The van der Waals surface area contributed by atoms with Gasteiger partial charge in [0.25, 0.3) is 5.91 Å². The number of ether oxygens (including phenoxy) is 1. The zero-order valence-electron chi connectivity index (χ0n) is 11.8. The third-order valence-corrected chi connectivity index (χ3v) is 4.48. The summed E-state index contributed by atoms with van der Waals surface area (Å²) in [5.41, 5.74) is 6.48. The van der Waals surface area contributed by atoms with Gasteiger partial charge in [-0.3, -0.25) is 4.79 Å². The van der Waals surface area contributed by atoms with Gasteiger partial charge in [-0.2, -0.15) is 0 Å². The molecule has 0 aliphatic rings. The van der Waals surface area contributed by atoms with Gasteiger partial charge in [-0.15, -0.1) is 11.3 Å². The van der Waals surface area contributed by atoms with E-state index in [0.29, 0.717) is 15.6 Å². The second-order valence-electron chi connectivity index (χ2n) is 4.78. The van der Waals surface area contributed by atoms with Crippen LogP contribution < -0.4 is 5.73 Å². The molecular formula is C14H17ClN2O3S. The molecule has 7 heteroatoms. The second-order valence-corrected chi connectivity index (χ2v) is 6.27. The highest BCUT2D eigenvalue weighted by Gasteiger charge is 2.21. The Balaban J connectivity index is 2.25. The molecule has 1 heterocycles. The molecule has 0 saturated carbocycles. The Morgan fingerprint density at radius 3 is 2.95 bits per heavy atom. The predicted molar refractivity (Wildman–Crippen MR) is 86.1 cm³/mol. The number of likely N-dealkylation sites (N-methyl/N-ethyl adjacent to an activating group) is 1. The largest absolute Gasteiger partial charge is 0.397 e. The van der Waals surface area contributed by atoms with Crippen molar-refractivity contribution in [1.29, 1.82) is 0 Å². The van der Waals surface area contributed by atoms with Gasteiger partial charge in [0.05, 0.1) is 18.4 Å². The van der Waals surface area contributed by atoms with Crippen molar-refractivity contribution in [1.82, 2.24) is 4.90 Å². The number of carbonyl (C=O) groups is 1. The van der Waals surface area contributed by atoms with Crippen LogP contribution in [0.4, 0.5) is 5.69 Å². The molecule has 0 saturated heterocycles. The SMILES string of the molecule is COCC(O)CN(C)C(=O)c1sc2ccc(Cl)cc2c1N. The van der Waals surface area contributed by atoms with Crippen LogP contribution in [0.2, 0.25) is 5.02 Å². The van der Waals surface area contributed by atoms with Crippen LogP contribution in [-0.2, 0) is 4.74 Å². The number of rotatable bonds is 5. The lowest BCUT2D eigenvalue weighted by atomic mass is 10.2. The number of halogens is 1. The van der Waals surface area contributed by atoms with Crippen LogP contribution in [0.3, 0.4) is 0 Å². The van der Waals surface area contributed by atoms with Gasteiger partial charge in [0.15, 0.2) is 0 Å². The van der Waals surface area contributed by atoms with E-state index in [-0.39, 0.29) is 19.1 Å². The summed E-state index contributed by atoms with van der Waals surface area (Å²) in [6.45, 7) is 0.357. The van der Waals surface area contributed by atoms with Gasteiger partial charge < -0.3 is 20.5 Å². The molecule has 1 unspecified atom stereocenters. The van der Waals surface area contributed by atoms with E-state index in [4.69, 9.17) is 22.1 Å². The van der Waals surface area contributed by atoms with E-state index >= 15 is 0 Å². The maximum atomic E-state index is 12.4. The van der Waals surface area contributed by atoms with Crippen molar-refractivity contribution in [3.63, 3.8) is 0 Å². The lowest BCUT2D eigenvalue weighted by Crippen LogP contribution is -2.36. The summed E-state index contributed by atoms with van der Waals surface area (Å²) in [6.07, 6.45) is -0.728. The van der Waals surface area contributed by atoms with Crippen molar-refractivity contribution in [2.24, 2.45) is 0 Å². The number of hydrogen-bond acceptors (Lipinski definition) is 5. The van der Waals surface area contributed by atoms with Crippen molar-refractivity contribution >= 4 is 44.6 Å². The first-order chi connectivity index (χ1) is 9.93. The molecule has 0 spiro atoms. The molecule has 1 aromatic heterocycles.